The van der Waals surface area contributed by atoms with Crippen LogP contribution in [0.4, 0.5) is 0 Å². The molecule has 2 fully saturated rings. The summed E-state index contributed by atoms with van der Waals surface area (Å²) in [5.74, 6) is 0.707. The summed E-state index contributed by atoms with van der Waals surface area (Å²) < 4.78 is 0. The molecule has 0 aliphatic heterocycles. The highest BCUT2D eigenvalue weighted by atomic mass is 16.3. The van der Waals surface area contributed by atoms with Crippen LogP contribution in [0, 0.1) is 17.3 Å². The molecule has 3 nitrogen and oxygen atoms in total. The second-order valence-electron chi connectivity index (χ2n) is 8.83. The monoisotopic (exact) mass is 384 g/mol. The Kier molecular flexibility index (Phi) is 6.67. The molecule has 3 aliphatic rings. The van der Waals surface area contributed by atoms with Crippen molar-refractivity contribution in [2.75, 3.05) is 0 Å². The highest BCUT2D eigenvalue weighted by molar-refractivity contribution is 5.45. The lowest BCUT2D eigenvalue weighted by Gasteiger charge is -2.52. The summed E-state index contributed by atoms with van der Waals surface area (Å²) in [6.07, 6.45) is 15.9. The Morgan fingerprint density at radius 2 is 1.93 bits per heavy atom. The smallest absolute Gasteiger partial charge is 0.0937 e. The fourth-order valence-electron chi connectivity index (χ4n) is 6.13. The molecule has 0 aromatic heterocycles. The van der Waals surface area contributed by atoms with Gasteiger partial charge in [0, 0.05) is 11.3 Å². The summed E-state index contributed by atoms with van der Waals surface area (Å²) in [7, 11) is 0. The number of hydrogen-bond acceptors (Lipinski definition) is 3. The van der Waals surface area contributed by atoms with Crippen molar-refractivity contribution in [2.24, 2.45) is 17.3 Å². The van der Waals surface area contributed by atoms with Gasteiger partial charge in [-0.05, 0) is 74.5 Å². The zero-order valence-electron chi connectivity index (χ0n) is 17.4. The quantitative estimate of drug-likeness (QED) is 0.320. The topological polar surface area (TPSA) is 60.7 Å². The van der Waals surface area contributed by atoms with E-state index in [2.05, 4.69) is 26.5 Å². The van der Waals surface area contributed by atoms with Gasteiger partial charge in [-0.25, -0.2) is 0 Å². The Labute approximate surface area is 169 Å². The van der Waals surface area contributed by atoms with Gasteiger partial charge >= 0.3 is 0 Å². The highest BCUT2D eigenvalue weighted by Gasteiger charge is 2.49. The zero-order chi connectivity index (χ0) is 20.3. The van der Waals surface area contributed by atoms with Gasteiger partial charge < -0.3 is 15.3 Å². The van der Waals surface area contributed by atoms with E-state index in [1.54, 1.807) is 6.08 Å². The van der Waals surface area contributed by atoms with Crippen molar-refractivity contribution in [1.29, 1.82) is 0 Å². The molecule has 3 atom stereocenters. The molecule has 2 bridgehead atoms. The molecule has 3 heteroatoms. The summed E-state index contributed by atoms with van der Waals surface area (Å²) >= 11 is 0. The van der Waals surface area contributed by atoms with E-state index in [0.717, 1.165) is 63.2 Å². The molecule has 0 saturated heterocycles. The molecule has 28 heavy (non-hydrogen) atoms. The minimum absolute atomic E-state index is 0.163. The van der Waals surface area contributed by atoms with Crippen LogP contribution in [0.25, 0.3) is 0 Å². The number of aliphatic hydroxyl groups is 3. The number of allylic oxidation sites excluding steroid dienone is 6. The van der Waals surface area contributed by atoms with Crippen molar-refractivity contribution in [1.82, 2.24) is 0 Å². The molecule has 3 rings (SSSR count). The average Bonchev–Trinajstić information content (AvgIpc) is 2.68. The van der Waals surface area contributed by atoms with Crippen LogP contribution in [-0.2, 0) is 0 Å². The Bertz CT molecular complexity index is 703. The first kappa shape index (κ1) is 21.1. The SMILES string of the molecule is C=C/C(=C\C=C\O)C(C)(C1CCC(O)CC1)C1C2=CC(O)C(CC)=C1CCC2. The van der Waals surface area contributed by atoms with E-state index >= 15 is 0 Å². The Hall–Kier alpha value is -1.58. The third-order valence-corrected chi connectivity index (χ3v) is 7.50. The van der Waals surface area contributed by atoms with Crippen molar-refractivity contribution >= 4 is 0 Å². The molecular formula is C25H36O3. The van der Waals surface area contributed by atoms with Gasteiger partial charge in [0.25, 0.3) is 0 Å². The van der Waals surface area contributed by atoms with Crippen molar-refractivity contribution < 1.29 is 15.3 Å². The Balaban J connectivity index is 2.14. The maximum Gasteiger partial charge on any atom is 0.0937 e. The maximum absolute atomic E-state index is 10.7. The first-order chi connectivity index (χ1) is 13.5. The van der Waals surface area contributed by atoms with E-state index in [0.29, 0.717) is 5.92 Å². The largest absolute Gasteiger partial charge is 0.516 e. The van der Waals surface area contributed by atoms with Gasteiger partial charge in [-0.2, -0.15) is 0 Å². The van der Waals surface area contributed by atoms with Crippen LogP contribution in [0.2, 0.25) is 0 Å². The molecule has 3 aliphatic carbocycles. The van der Waals surface area contributed by atoms with Crippen LogP contribution in [0.15, 0.2) is 59.4 Å². The van der Waals surface area contributed by atoms with Gasteiger partial charge in [0.1, 0.15) is 0 Å². The molecule has 3 N–H and O–H groups in total. The molecule has 154 valence electrons. The summed E-state index contributed by atoms with van der Waals surface area (Å²) in [6.45, 7) is 8.61. The number of aliphatic hydroxyl groups excluding tert-OH is 3. The highest BCUT2D eigenvalue weighted by Crippen LogP contribution is 2.58. The molecule has 2 saturated carbocycles. The van der Waals surface area contributed by atoms with Crippen LogP contribution in [0.5, 0.6) is 0 Å². The van der Waals surface area contributed by atoms with Crippen LogP contribution in [0.3, 0.4) is 0 Å². The van der Waals surface area contributed by atoms with Crippen LogP contribution in [-0.4, -0.2) is 27.5 Å². The first-order valence-corrected chi connectivity index (χ1v) is 10.9. The molecule has 0 radical (unpaired) electrons. The fourth-order valence-corrected chi connectivity index (χ4v) is 6.13. The Morgan fingerprint density at radius 3 is 2.54 bits per heavy atom. The van der Waals surface area contributed by atoms with Crippen LogP contribution >= 0.6 is 0 Å². The standard InChI is InChI=1S/C25H36O3/c1-4-18(9-7-15-26)25(3,19-11-13-20(27)14-12-19)24-17-8-6-10-22(24)21(5-2)23(28)16-17/h4,7,9,15-16,19-20,23-24,26-28H,1,5-6,8,10-14H2,2-3H3/b15-7+,18-9+. The minimum atomic E-state index is -0.447. The summed E-state index contributed by atoms with van der Waals surface area (Å²) in [5, 5.41) is 30.0. The van der Waals surface area contributed by atoms with Gasteiger partial charge in [-0.3, -0.25) is 0 Å². The lowest BCUT2D eigenvalue weighted by molar-refractivity contribution is 0.0564. The average molecular weight is 385 g/mol. The van der Waals surface area contributed by atoms with E-state index in [-0.39, 0.29) is 17.4 Å². The molecule has 0 aromatic rings. The first-order valence-electron chi connectivity index (χ1n) is 10.9. The summed E-state index contributed by atoms with van der Waals surface area (Å²) in [6, 6.07) is 0. The van der Waals surface area contributed by atoms with Gasteiger partial charge in [-0.1, -0.05) is 49.8 Å². The van der Waals surface area contributed by atoms with Crippen LogP contribution in [0.1, 0.15) is 65.2 Å². The Morgan fingerprint density at radius 1 is 1.21 bits per heavy atom. The summed E-state index contributed by atoms with van der Waals surface area (Å²) in [5.41, 5.74) is 4.95. The molecular weight excluding hydrogens is 348 g/mol. The van der Waals surface area contributed by atoms with E-state index < -0.39 is 6.10 Å². The van der Waals surface area contributed by atoms with Crippen LogP contribution < -0.4 is 0 Å². The predicted octanol–water partition coefficient (Wildman–Crippen LogP) is 5.54. The third kappa shape index (κ3) is 3.67. The molecule has 3 unspecified atom stereocenters. The van der Waals surface area contributed by atoms with Gasteiger partial charge in [0.2, 0.25) is 0 Å². The van der Waals surface area contributed by atoms with E-state index in [4.69, 9.17) is 0 Å². The second kappa shape index (κ2) is 8.84. The summed E-state index contributed by atoms with van der Waals surface area (Å²) in [4.78, 5) is 0. The molecule has 0 amide bonds. The van der Waals surface area contributed by atoms with Crippen molar-refractivity contribution in [3.05, 3.63) is 59.4 Å². The number of rotatable bonds is 6. The van der Waals surface area contributed by atoms with E-state index in [1.165, 1.54) is 16.7 Å². The lowest BCUT2D eigenvalue weighted by Crippen LogP contribution is -2.44. The van der Waals surface area contributed by atoms with Crippen molar-refractivity contribution in [3.8, 4) is 0 Å². The third-order valence-electron chi connectivity index (χ3n) is 7.50. The van der Waals surface area contributed by atoms with E-state index in [1.807, 2.05) is 12.2 Å². The molecule has 0 aromatic carbocycles. The predicted molar refractivity (Wildman–Crippen MR) is 115 cm³/mol. The maximum atomic E-state index is 10.7. The fraction of sp³-hybridized carbons (Fsp3) is 0.600. The number of fused-ring (bicyclic) bond motifs is 2. The molecule has 0 spiro atoms. The molecule has 0 heterocycles. The lowest BCUT2D eigenvalue weighted by atomic mass is 9.52. The van der Waals surface area contributed by atoms with Gasteiger partial charge in [-0.15, -0.1) is 0 Å². The minimum Gasteiger partial charge on any atom is -0.516 e. The second-order valence-corrected chi connectivity index (χ2v) is 8.83. The number of hydrogen-bond donors (Lipinski definition) is 3. The van der Waals surface area contributed by atoms with Crippen molar-refractivity contribution in [3.63, 3.8) is 0 Å². The van der Waals surface area contributed by atoms with Gasteiger partial charge in [0.15, 0.2) is 0 Å². The van der Waals surface area contributed by atoms with Gasteiger partial charge in [0.05, 0.1) is 18.5 Å². The van der Waals surface area contributed by atoms with Crippen molar-refractivity contribution in [2.45, 2.75) is 77.4 Å². The zero-order valence-corrected chi connectivity index (χ0v) is 17.4. The normalized spacial score (nSPS) is 33.6. The van der Waals surface area contributed by atoms with E-state index in [9.17, 15) is 15.3 Å².